The molecule has 0 amide bonds. The molecule has 0 aromatic heterocycles. The summed E-state index contributed by atoms with van der Waals surface area (Å²) in [6, 6.07) is 4.65. The molecule has 19 heavy (non-hydrogen) atoms. The molecular formula is C14H17ClO3S. The molecule has 0 N–H and O–H groups in total. The van der Waals surface area contributed by atoms with E-state index in [0.717, 1.165) is 12.0 Å². The minimum Gasteiger partial charge on any atom is -0.493 e. The van der Waals surface area contributed by atoms with Gasteiger partial charge in [0.2, 0.25) is 0 Å². The number of benzene rings is 1. The lowest BCUT2D eigenvalue weighted by Crippen LogP contribution is -2.03. The van der Waals surface area contributed by atoms with Crippen LogP contribution in [0.15, 0.2) is 23.1 Å². The maximum Gasteiger partial charge on any atom is 0.261 e. The number of ether oxygens (including phenoxy) is 1. The monoisotopic (exact) mass is 300 g/mol. The van der Waals surface area contributed by atoms with Crippen molar-refractivity contribution >= 4 is 19.7 Å². The zero-order chi connectivity index (χ0) is 14.5. The van der Waals surface area contributed by atoms with Crippen molar-refractivity contribution in [3.8, 4) is 18.1 Å². The molecule has 1 rings (SSSR count). The van der Waals surface area contributed by atoms with Crippen LogP contribution < -0.4 is 4.74 Å². The molecule has 5 heteroatoms. The molecule has 0 aliphatic carbocycles. The number of unbranched alkanes of at least 4 members (excludes halogenated alkanes) is 1. The van der Waals surface area contributed by atoms with Crippen LogP contribution in [0, 0.1) is 12.3 Å². The van der Waals surface area contributed by atoms with Gasteiger partial charge >= 0.3 is 0 Å². The molecule has 0 bridgehead atoms. The number of hydrogen-bond donors (Lipinski definition) is 0. The first-order valence-corrected chi connectivity index (χ1v) is 8.32. The summed E-state index contributed by atoms with van der Waals surface area (Å²) in [5.74, 6) is 3.36. The molecule has 0 fully saturated rings. The highest BCUT2D eigenvalue weighted by Crippen LogP contribution is 2.30. The fourth-order valence-corrected chi connectivity index (χ4v) is 2.40. The van der Waals surface area contributed by atoms with E-state index in [1.54, 1.807) is 12.1 Å². The second kappa shape index (κ2) is 6.83. The maximum absolute atomic E-state index is 11.3. The third-order valence-corrected chi connectivity index (χ3v) is 3.96. The van der Waals surface area contributed by atoms with Gasteiger partial charge in [0.1, 0.15) is 5.75 Å². The van der Waals surface area contributed by atoms with E-state index in [2.05, 4.69) is 5.92 Å². The van der Waals surface area contributed by atoms with Gasteiger partial charge in [-0.3, -0.25) is 0 Å². The number of halogens is 1. The Morgan fingerprint density at radius 2 is 2.11 bits per heavy atom. The van der Waals surface area contributed by atoms with Crippen LogP contribution in [0.4, 0.5) is 0 Å². The van der Waals surface area contributed by atoms with Gasteiger partial charge in [0, 0.05) is 17.1 Å². The van der Waals surface area contributed by atoms with Crippen LogP contribution in [0.1, 0.15) is 38.2 Å². The highest BCUT2D eigenvalue weighted by atomic mass is 35.7. The van der Waals surface area contributed by atoms with Crippen LogP contribution in [0.3, 0.4) is 0 Å². The smallest absolute Gasteiger partial charge is 0.261 e. The molecule has 1 aromatic rings. The molecule has 0 spiro atoms. The first-order valence-electron chi connectivity index (χ1n) is 6.01. The summed E-state index contributed by atoms with van der Waals surface area (Å²) in [5.41, 5.74) is 0.822. The standard InChI is InChI=1S/C14H17ClO3S/c1-4-5-6-9-18-14-8-7-12(19(15,16)17)10-13(14)11(2)3/h1,7-8,10-11H,5-6,9H2,2-3H3. The zero-order valence-electron chi connectivity index (χ0n) is 11.0. The Bertz CT molecular complexity index is 571. The van der Waals surface area contributed by atoms with Crippen molar-refractivity contribution in [2.75, 3.05) is 6.61 Å². The summed E-state index contributed by atoms with van der Waals surface area (Å²) in [6.07, 6.45) is 6.59. The lowest BCUT2D eigenvalue weighted by molar-refractivity contribution is 0.308. The van der Waals surface area contributed by atoms with Crippen molar-refractivity contribution in [1.82, 2.24) is 0 Å². The molecule has 0 atom stereocenters. The summed E-state index contributed by atoms with van der Waals surface area (Å²) in [5, 5.41) is 0. The predicted molar refractivity (Wildman–Crippen MR) is 77.1 cm³/mol. The van der Waals surface area contributed by atoms with Gasteiger partial charge in [0.25, 0.3) is 9.05 Å². The molecule has 3 nitrogen and oxygen atoms in total. The van der Waals surface area contributed by atoms with E-state index in [1.165, 1.54) is 6.07 Å². The van der Waals surface area contributed by atoms with E-state index < -0.39 is 9.05 Å². The Hall–Kier alpha value is -1.18. The summed E-state index contributed by atoms with van der Waals surface area (Å²) in [6.45, 7) is 4.44. The molecule has 0 saturated carbocycles. The Labute approximate surface area is 119 Å². The average Bonchev–Trinajstić information content (AvgIpc) is 2.33. The van der Waals surface area contributed by atoms with Gasteiger partial charge in [-0.1, -0.05) is 13.8 Å². The van der Waals surface area contributed by atoms with Crippen molar-refractivity contribution in [2.45, 2.75) is 37.5 Å². The number of terminal acetylenes is 1. The molecule has 0 heterocycles. The summed E-state index contributed by atoms with van der Waals surface area (Å²) >= 11 is 0. The Kier molecular flexibility index (Phi) is 5.71. The predicted octanol–water partition coefficient (Wildman–Crippen LogP) is 3.53. The molecule has 0 radical (unpaired) electrons. The lowest BCUT2D eigenvalue weighted by Gasteiger charge is -2.14. The van der Waals surface area contributed by atoms with Crippen molar-refractivity contribution in [3.63, 3.8) is 0 Å². The first-order chi connectivity index (χ1) is 8.86. The van der Waals surface area contributed by atoms with Gasteiger partial charge < -0.3 is 4.74 Å². The van der Waals surface area contributed by atoms with Crippen LogP contribution in [0.25, 0.3) is 0 Å². The quantitative estimate of drug-likeness (QED) is 0.458. The highest BCUT2D eigenvalue weighted by molar-refractivity contribution is 8.13. The van der Waals surface area contributed by atoms with Crippen molar-refractivity contribution in [1.29, 1.82) is 0 Å². The summed E-state index contributed by atoms with van der Waals surface area (Å²) < 4.78 is 28.3. The average molecular weight is 301 g/mol. The van der Waals surface area contributed by atoms with Gasteiger partial charge in [0.15, 0.2) is 0 Å². The summed E-state index contributed by atoms with van der Waals surface area (Å²) in [4.78, 5) is 0.0915. The van der Waals surface area contributed by atoms with E-state index in [-0.39, 0.29) is 10.8 Å². The Morgan fingerprint density at radius 3 is 2.63 bits per heavy atom. The number of hydrogen-bond acceptors (Lipinski definition) is 3. The molecular weight excluding hydrogens is 284 g/mol. The SMILES string of the molecule is C#CCCCOc1ccc(S(=O)(=O)Cl)cc1C(C)C. The van der Waals surface area contributed by atoms with Crippen LogP contribution >= 0.6 is 10.7 Å². The van der Waals surface area contributed by atoms with Crippen LogP contribution in [-0.2, 0) is 9.05 Å². The largest absolute Gasteiger partial charge is 0.493 e. The van der Waals surface area contributed by atoms with E-state index in [4.69, 9.17) is 21.8 Å². The van der Waals surface area contributed by atoms with Crippen molar-refractivity contribution < 1.29 is 13.2 Å². The second-order valence-corrected chi connectivity index (χ2v) is 7.01. The molecule has 0 aliphatic heterocycles. The fourth-order valence-electron chi connectivity index (χ4n) is 1.62. The van der Waals surface area contributed by atoms with Gasteiger partial charge in [-0.2, -0.15) is 0 Å². The van der Waals surface area contributed by atoms with Crippen molar-refractivity contribution in [2.24, 2.45) is 0 Å². The molecule has 1 aromatic carbocycles. The maximum atomic E-state index is 11.3. The summed E-state index contributed by atoms with van der Waals surface area (Å²) in [7, 11) is 1.63. The second-order valence-electron chi connectivity index (χ2n) is 4.45. The van der Waals surface area contributed by atoms with Gasteiger partial charge in [-0.25, -0.2) is 8.42 Å². The van der Waals surface area contributed by atoms with Crippen molar-refractivity contribution in [3.05, 3.63) is 23.8 Å². The normalized spacial score (nSPS) is 11.3. The van der Waals surface area contributed by atoms with Crippen LogP contribution in [-0.4, -0.2) is 15.0 Å². The molecule has 0 aliphatic rings. The minimum absolute atomic E-state index is 0.0915. The lowest BCUT2D eigenvalue weighted by atomic mass is 10.0. The van der Waals surface area contributed by atoms with Crippen LogP contribution in [0.2, 0.25) is 0 Å². The van der Waals surface area contributed by atoms with E-state index in [1.807, 2.05) is 13.8 Å². The molecule has 0 unspecified atom stereocenters. The van der Waals surface area contributed by atoms with Gasteiger partial charge in [-0.15, -0.1) is 12.3 Å². The van der Waals surface area contributed by atoms with E-state index in [9.17, 15) is 8.42 Å². The number of rotatable bonds is 6. The molecule has 104 valence electrons. The molecule has 0 saturated heterocycles. The highest BCUT2D eigenvalue weighted by Gasteiger charge is 2.15. The van der Waals surface area contributed by atoms with Gasteiger partial charge in [0.05, 0.1) is 11.5 Å². The first kappa shape index (κ1) is 15.9. The Balaban J connectivity index is 2.96. The minimum atomic E-state index is -3.71. The third-order valence-electron chi connectivity index (χ3n) is 2.61. The van der Waals surface area contributed by atoms with E-state index >= 15 is 0 Å². The van der Waals surface area contributed by atoms with E-state index in [0.29, 0.717) is 18.8 Å². The van der Waals surface area contributed by atoms with Crippen LogP contribution in [0.5, 0.6) is 5.75 Å². The topological polar surface area (TPSA) is 43.4 Å². The fraction of sp³-hybridized carbons (Fsp3) is 0.429. The zero-order valence-corrected chi connectivity index (χ0v) is 12.6. The Morgan fingerprint density at radius 1 is 1.42 bits per heavy atom. The van der Waals surface area contributed by atoms with Gasteiger partial charge in [-0.05, 0) is 36.1 Å². The third kappa shape index (κ3) is 4.77.